The van der Waals surface area contributed by atoms with Crippen LogP contribution in [0.25, 0.3) is 0 Å². The molecule has 2 heterocycles. The van der Waals surface area contributed by atoms with Gasteiger partial charge in [0.2, 0.25) is 11.5 Å². The summed E-state index contributed by atoms with van der Waals surface area (Å²) in [6.07, 6.45) is 3.00. The Morgan fingerprint density at radius 3 is 2.84 bits per heavy atom. The van der Waals surface area contributed by atoms with Gasteiger partial charge in [-0.05, 0) is 23.8 Å². The highest BCUT2D eigenvalue weighted by Crippen LogP contribution is 2.43. The van der Waals surface area contributed by atoms with E-state index in [9.17, 15) is 15.0 Å². The second kappa shape index (κ2) is 4.28. The zero-order valence-corrected chi connectivity index (χ0v) is 9.91. The topological polar surface area (TPSA) is 79.7 Å². The molecule has 2 aromatic rings. The summed E-state index contributed by atoms with van der Waals surface area (Å²) >= 11 is 0. The number of aromatic nitrogens is 1. The van der Waals surface area contributed by atoms with E-state index in [2.05, 4.69) is 4.98 Å². The smallest absolute Gasteiger partial charge is 0.207 e. The lowest BCUT2D eigenvalue weighted by Crippen LogP contribution is -2.23. The van der Waals surface area contributed by atoms with Gasteiger partial charge in [0.15, 0.2) is 17.6 Å². The predicted octanol–water partition coefficient (Wildman–Crippen LogP) is 1.68. The zero-order chi connectivity index (χ0) is 13.4. The number of hydrogen-bond acceptors (Lipinski definition) is 5. The maximum atomic E-state index is 12.1. The Labute approximate surface area is 109 Å². The molecular weight excluding hydrogens is 246 g/mol. The molecule has 0 saturated carbocycles. The number of rotatable bonds is 2. The maximum absolute atomic E-state index is 12.1. The second-order valence-electron chi connectivity index (χ2n) is 4.35. The molecule has 0 aliphatic carbocycles. The fourth-order valence-corrected chi connectivity index (χ4v) is 2.11. The van der Waals surface area contributed by atoms with Crippen molar-refractivity contribution >= 4 is 5.78 Å². The Morgan fingerprint density at radius 1 is 1.26 bits per heavy atom. The van der Waals surface area contributed by atoms with Gasteiger partial charge in [-0.2, -0.15) is 0 Å². The van der Waals surface area contributed by atoms with E-state index in [-0.39, 0.29) is 23.0 Å². The number of carbonyl (C=O) groups excluding carboxylic acids is 1. The van der Waals surface area contributed by atoms with Crippen LogP contribution >= 0.6 is 0 Å². The van der Waals surface area contributed by atoms with Crippen molar-refractivity contribution < 1.29 is 19.7 Å². The highest BCUT2D eigenvalue weighted by molar-refractivity contribution is 6.05. The van der Waals surface area contributed by atoms with Crippen molar-refractivity contribution in [1.29, 1.82) is 0 Å². The fourth-order valence-electron chi connectivity index (χ4n) is 2.11. The summed E-state index contributed by atoms with van der Waals surface area (Å²) in [6, 6.07) is 6.37. The molecule has 0 spiro atoms. The van der Waals surface area contributed by atoms with E-state index in [4.69, 9.17) is 4.74 Å². The van der Waals surface area contributed by atoms with Crippen molar-refractivity contribution in [3.05, 3.63) is 47.8 Å². The maximum Gasteiger partial charge on any atom is 0.207 e. The third-order valence-corrected chi connectivity index (χ3v) is 3.07. The van der Waals surface area contributed by atoms with E-state index < -0.39 is 6.10 Å². The van der Waals surface area contributed by atoms with Crippen molar-refractivity contribution in [3.63, 3.8) is 0 Å². The summed E-state index contributed by atoms with van der Waals surface area (Å²) < 4.78 is 5.45. The van der Waals surface area contributed by atoms with E-state index in [1.807, 2.05) is 6.07 Å². The number of phenolic OH excluding ortho intramolecular Hbond substituents is 2. The number of phenols is 2. The Bertz CT molecular complexity index is 639. The van der Waals surface area contributed by atoms with E-state index in [1.54, 1.807) is 18.5 Å². The van der Waals surface area contributed by atoms with E-state index in [0.717, 1.165) is 5.56 Å². The lowest BCUT2D eigenvalue weighted by molar-refractivity contribution is 0.0855. The number of fused-ring (bicyclic) bond motifs is 1. The molecule has 1 aromatic heterocycles. The fraction of sp³-hybridized carbons (Fsp3) is 0.143. The van der Waals surface area contributed by atoms with Crippen molar-refractivity contribution in [2.24, 2.45) is 0 Å². The van der Waals surface area contributed by atoms with Crippen LogP contribution in [0.2, 0.25) is 0 Å². The summed E-state index contributed by atoms with van der Waals surface area (Å²) in [6.45, 7) is 0. The Balaban J connectivity index is 1.89. The summed E-state index contributed by atoms with van der Waals surface area (Å²) in [5, 5.41) is 19.1. The number of benzene rings is 1. The number of nitrogens with zero attached hydrogens (tertiary/aromatic N) is 1. The summed E-state index contributed by atoms with van der Waals surface area (Å²) in [5.74, 6) is -0.832. The number of carbonyl (C=O) groups is 1. The zero-order valence-electron chi connectivity index (χ0n) is 9.91. The van der Waals surface area contributed by atoms with Gasteiger partial charge in [0.1, 0.15) is 0 Å². The molecular formula is C14H11NO4. The Morgan fingerprint density at radius 2 is 2.11 bits per heavy atom. The third-order valence-electron chi connectivity index (χ3n) is 3.07. The molecule has 0 saturated heterocycles. The van der Waals surface area contributed by atoms with Crippen LogP contribution in [-0.4, -0.2) is 27.1 Å². The molecule has 5 heteroatoms. The Hall–Kier alpha value is -2.56. The molecule has 19 heavy (non-hydrogen) atoms. The monoisotopic (exact) mass is 257 g/mol. The van der Waals surface area contributed by atoms with Gasteiger partial charge in [0.25, 0.3) is 0 Å². The predicted molar refractivity (Wildman–Crippen MR) is 66.5 cm³/mol. The van der Waals surface area contributed by atoms with Gasteiger partial charge < -0.3 is 14.9 Å². The third kappa shape index (κ3) is 1.89. The number of aromatic hydroxyl groups is 2. The van der Waals surface area contributed by atoms with Crippen LogP contribution < -0.4 is 4.74 Å². The average molecular weight is 257 g/mol. The van der Waals surface area contributed by atoms with E-state index in [0.29, 0.717) is 12.0 Å². The minimum Gasteiger partial charge on any atom is -0.504 e. The molecule has 0 fully saturated rings. The van der Waals surface area contributed by atoms with Crippen molar-refractivity contribution in [2.45, 2.75) is 12.5 Å². The minimum absolute atomic E-state index is 0.0545. The molecule has 5 nitrogen and oxygen atoms in total. The largest absolute Gasteiger partial charge is 0.504 e. The molecule has 1 aliphatic heterocycles. The van der Waals surface area contributed by atoms with Crippen LogP contribution in [0.15, 0.2) is 36.7 Å². The highest BCUT2D eigenvalue weighted by Gasteiger charge is 2.35. The number of hydrogen-bond donors (Lipinski definition) is 2. The highest BCUT2D eigenvalue weighted by atomic mass is 16.5. The summed E-state index contributed by atoms with van der Waals surface area (Å²) in [5.41, 5.74) is 1.17. The molecule has 3 rings (SSSR count). The molecule has 1 unspecified atom stereocenters. The first-order valence-corrected chi connectivity index (χ1v) is 5.81. The number of pyridine rings is 1. The van der Waals surface area contributed by atoms with E-state index >= 15 is 0 Å². The van der Waals surface area contributed by atoms with Gasteiger partial charge in [-0.3, -0.25) is 9.78 Å². The van der Waals surface area contributed by atoms with Gasteiger partial charge in [-0.25, -0.2) is 0 Å². The first kappa shape index (κ1) is 11.5. The molecule has 0 amide bonds. The molecule has 2 N–H and O–H groups in total. The molecule has 1 atom stereocenters. The van der Waals surface area contributed by atoms with Crippen molar-refractivity contribution in [1.82, 2.24) is 4.98 Å². The molecule has 1 aliphatic rings. The Kier molecular flexibility index (Phi) is 2.59. The van der Waals surface area contributed by atoms with Crippen LogP contribution in [0.3, 0.4) is 0 Å². The van der Waals surface area contributed by atoms with Gasteiger partial charge >= 0.3 is 0 Å². The van der Waals surface area contributed by atoms with Gasteiger partial charge in [0.05, 0.1) is 5.56 Å². The van der Waals surface area contributed by atoms with Crippen molar-refractivity contribution in [2.75, 3.05) is 0 Å². The number of ether oxygens (including phenoxy) is 1. The van der Waals surface area contributed by atoms with Gasteiger partial charge in [0, 0.05) is 18.8 Å². The average Bonchev–Trinajstić information content (AvgIpc) is 2.73. The molecule has 1 aromatic carbocycles. The number of ketones is 1. The first-order chi connectivity index (χ1) is 9.16. The normalized spacial score (nSPS) is 17.1. The van der Waals surface area contributed by atoms with Gasteiger partial charge in [-0.15, -0.1) is 0 Å². The SMILES string of the molecule is O=C1c2ccc(O)c(O)c2OC1Cc1cccnc1. The van der Waals surface area contributed by atoms with Crippen molar-refractivity contribution in [3.8, 4) is 17.2 Å². The van der Waals surface area contributed by atoms with Gasteiger partial charge in [-0.1, -0.05) is 6.07 Å². The lowest BCUT2D eigenvalue weighted by Gasteiger charge is -2.09. The first-order valence-electron chi connectivity index (χ1n) is 5.81. The quantitative estimate of drug-likeness (QED) is 0.800. The lowest BCUT2D eigenvalue weighted by atomic mass is 10.0. The number of Topliss-reactive ketones (excluding diaryl/α,β-unsaturated/α-hetero) is 1. The molecule has 96 valence electrons. The summed E-state index contributed by atoms with van der Waals surface area (Å²) in [4.78, 5) is 16.1. The van der Waals surface area contributed by atoms with Crippen LogP contribution in [0, 0.1) is 0 Å². The summed E-state index contributed by atoms with van der Waals surface area (Å²) in [7, 11) is 0. The van der Waals surface area contributed by atoms with Crippen LogP contribution in [0.1, 0.15) is 15.9 Å². The van der Waals surface area contributed by atoms with Crippen LogP contribution in [0.5, 0.6) is 17.2 Å². The second-order valence-corrected chi connectivity index (χ2v) is 4.35. The van der Waals surface area contributed by atoms with Crippen LogP contribution in [0.4, 0.5) is 0 Å². The van der Waals surface area contributed by atoms with E-state index in [1.165, 1.54) is 12.1 Å². The molecule has 0 bridgehead atoms. The molecule has 0 radical (unpaired) electrons. The van der Waals surface area contributed by atoms with Crippen LogP contribution in [-0.2, 0) is 6.42 Å². The minimum atomic E-state index is -0.688. The standard InChI is InChI=1S/C14H11NO4/c16-10-4-3-9-12(17)11(19-14(9)13(10)18)6-8-2-1-5-15-7-8/h1-5,7,11,16,18H,6H2.